The molecule has 0 aromatic carbocycles. The number of piperidine rings is 2. The first kappa shape index (κ1) is 16.5. The van der Waals surface area contributed by atoms with Crippen LogP contribution in [0.5, 0.6) is 0 Å². The van der Waals surface area contributed by atoms with E-state index in [1.807, 2.05) is 11.3 Å². The summed E-state index contributed by atoms with van der Waals surface area (Å²) in [5, 5.41) is 3.56. The molecule has 2 saturated heterocycles. The van der Waals surface area contributed by atoms with Gasteiger partial charge in [-0.1, -0.05) is 6.92 Å². The van der Waals surface area contributed by atoms with Crippen LogP contribution in [0.2, 0.25) is 0 Å². The Morgan fingerprint density at radius 3 is 2.75 bits per heavy atom. The monoisotopic (exact) mass is 347 g/mol. The SMILES string of the molecule is CC1CCN(C(=O)C2CCCN(Cc3csc(C4CC4)n3)C2)CC1. The number of thiazole rings is 1. The van der Waals surface area contributed by atoms with Gasteiger partial charge in [-0.3, -0.25) is 9.69 Å². The molecule has 4 rings (SSSR count). The van der Waals surface area contributed by atoms with Crippen LogP contribution < -0.4 is 0 Å². The Hall–Kier alpha value is -0.940. The molecule has 1 aromatic heterocycles. The topological polar surface area (TPSA) is 36.4 Å². The number of amides is 1. The van der Waals surface area contributed by atoms with Gasteiger partial charge >= 0.3 is 0 Å². The van der Waals surface area contributed by atoms with Crippen molar-refractivity contribution < 1.29 is 4.79 Å². The van der Waals surface area contributed by atoms with E-state index in [-0.39, 0.29) is 5.92 Å². The molecule has 0 spiro atoms. The molecule has 3 aliphatic rings. The maximum absolute atomic E-state index is 12.8. The fraction of sp³-hybridized carbons (Fsp3) is 0.789. The van der Waals surface area contributed by atoms with Gasteiger partial charge in [0.15, 0.2) is 0 Å². The average molecular weight is 348 g/mol. The maximum Gasteiger partial charge on any atom is 0.226 e. The number of likely N-dealkylation sites (tertiary alicyclic amines) is 2. The summed E-state index contributed by atoms with van der Waals surface area (Å²) in [5.74, 6) is 2.14. The van der Waals surface area contributed by atoms with Crippen LogP contribution in [0.1, 0.15) is 62.1 Å². The van der Waals surface area contributed by atoms with Crippen molar-refractivity contribution in [1.29, 1.82) is 0 Å². The predicted octanol–water partition coefficient (Wildman–Crippen LogP) is 3.49. The second-order valence-electron chi connectivity index (χ2n) is 8.03. The molecule has 1 unspecified atom stereocenters. The minimum absolute atomic E-state index is 0.202. The lowest BCUT2D eigenvalue weighted by molar-refractivity contribution is -0.138. The molecular weight excluding hydrogens is 318 g/mol. The lowest BCUT2D eigenvalue weighted by Gasteiger charge is -2.37. The molecule has 0 radical (unpaired) electrons. The highest BCUT2D eigenvalue weighted by Gasteiger charge is 2.31. The van der Waals surface area contributed by atoms with Gasteiger partial charge in [-0.05, 0) is 51.0 Å². The average Bonchev–Trinajstić information content (AvgIpc) is 3.35. The Kier molecular flexibility index (Phi) is 4.90. The van der Waals surface area contributed by atoms with E-state index >= 15 is 0 Å². The Morgan fingerprint density at radius 2 is 2.00 bits per heavy atom. The first-order chi connectivity index (χ1) is 11.7. The van der Waals surface area contributed by atoms with Crippen LogP contribution in [0.4, 0.5) is 0 Å². The highest BCUT2D eigenvalue weighted by Crippen LogP contribution is 2.41. The molecule has 132 valence electrons. The molecule has 1 saturated carbocycles. The highest BCUT2D eigenvalue weighted by molar-refractivity contribution is 7.09. The van der Waals surface area contributed by atoms with Crippen molar-refractivity contribution in [2.75, 3.05) is 26.2 Å². The third kappa shape index (κ3) is 3.83. The van der Waals surface area contributed by atoms with Gasteiger partial charge in [-0.15, -0.1) is 11.3 Å². The van der Waals surface area contributed by atoms with E-state index < -0.39 is 0 Å². The largest absolute Gasteiger partial charge is 0.342 e. The Balaban J connectivity index is 1.32. The third-order valence-electron chi connectivity index (χ3n) is 5.83. The van der Waals surface area contributed by atoms with Crippen LogP contribution in [0, 0.1) is 11.8 Å². The second-order valence-corrected chi connectivity index (χ2v) is 8.92. The molecule has 24 heavy (non-hydrogen) atoms. The molecule has 1 aromatic rings. The molecule has 3 fully saturated rings. The van der Waals surface area contributed by atoms with Crippen LogP contribution in [-0.4, -0.2) is 46.9 Å². The summed E-state index contributed by atoms with van der Waals surface area (Å²) < 4.78 is 0. The fourth-order valence-corrected chi connectivity index (χ4v) is 5.01. The molecule has 5 heteroatoms. The van der Waals surface area contributed by atoms with Gasteiger partial charge in [-0.25, -0.2) is 4.98 Å². The van der Waals surface area contributed by atoms with Crippen LogP contribution in [0.15, 0.2) is 5.38 Å². The van der Waals surface area contributed by atoms with Crippen molar-refractivity contribution in [3.8, 4) is 0 Å². The van der Waals surface area contributed by atoms with Gasteiger partial charge in [0.25, 0.3) is 0 Å². The van der Waals surface area contributed by atoms with E-state index in [9.17, 15) is 4.79 Å². The molecule has 1 amide bonds. The molecule has 2 aliphatic heterocycles. The normalized spacial score (nSPS) is 26.7. The summed E-state index contributed by atoms with van der Waals surface area (Å²) >= 11 is 1.83. The Labute approximate surface area is 149 Å². The lowest BCUT2D eigenvalue weighted by Crippen LogP contribution is -2.46. The predicted molar refractivity (Wildman–Crippen MR) is 97.1 cm³/mol. The van der Waals surface area contributed by atoms with E-state index in [1.165, 1.54) is 36.4 Å². The number of carbonyl (C=O) groups is 1. The second kappa shape index (κ2) is 7.12. The van der Waals surface area contributed by atoms with Crippen molar-refractivity contribution in [1.82, 2.24) is 14.8 Å². The molecule has 1 aliphatic carbocycles. The van der Waals surface area contributed by atoms with Crippen LogP contribution in [0.25, 0.3) is 0 Å². The van der Waals surface area contributed by atoms with E-state index in [0.717, 1.165) is 57.4 Å². The van der Waals surface area contributed by atoms with Crippen LogP contribution in [0.3, 0.4) is 0 Å². The minimum Gasteiger partial charge on any atom is -0.342 e. The third-order valence-corrected chi connectivity index (χ3v) is 6.89. The molecule has 4 nitrogen and oxygen atoms in total. The van der Waals surface area contributed by atoms with E-state index in [2.05, 4.69) is 22.1 Å². The molecule has 0 bridgehead atoms. The van der Waals surface area contributed by atoms with Crippen molar-refractivity contribution in [2.24, 2.45) is 11.8 Å². The summed E-state index contributed by atoms with van der Waals surface area (Å²) in [6, 6.07) is 0. The van der Waals surface area contributed by atoms with Gasteiger partial charge in [0.2, 0.25) is 5.91 Å². The van der Waals surface area contributed by atoms with E-state index in [1.54, 1.807) is 0 Å². The summed E-state index contributed by atoms with van der Waals surface area (Å²) in [6.07, 6.45) is 7.19. The van der Waals surface area contributed by atoms with Gasteiger partial charge in [-0.2, -0.15) is 0 Å². The van der Waals surface area contributed by atoms with E-state index in [4.69, 9.17) is 4.98 Å². The first-order valence-corrected chi connectivity index (χ1v) is 10.5. The van der Waals surface area contributed by atoms with Crippen molar-refractivity contribution in [3.63, 3.8) is 0 Å². The number of hydrogen-bond donors (Lipinski definition) is 0. The zero-order chi connectivity index (χ0) is 16.5. The summed E-state index contributed by atoms with van der Waals surface area (Å²) in [7, 11) is 0. The lowest BCUT2D eigenvalue weighted by atomic mass is 9.93. The summed E-state index contributed by atoms with van der Waals surface area (Å²) in [5.41, 5.74) is 1.21. The fourth-order valence-electron chi connectivity index (χ4n) is 4.03. The van der Waals surface area contributed by atoms with Crippen LogP contribution in [-0.2, 0) is 11.3 Å². The van der Waals surface area contributed by atoms with Gasteiger partial charge in [0.05, 0.1) is 16.6 Å². The number of rotatable bonds is 4. The number of carbonyl (C=O) groups excluding carboxylic acids is 1. The highest BCUT2D eigenvalue weighted by atomic mass is 32.1. The Morgan fingerprint density at radius 1 is 1.21 bits per heavy atom. The maximum atomic E-state index is 12.8. The van der Waals surface area contributed by atoms with Gasteiger partial charge in [0, 0.05) is 37.5 Å². The molecular formula is C19H29N3OS. The Bertz CT molecular complexity index is 575. The summed E-state index contributed by atoms with van der Waals surface area (Å²) in [4.78, 5) is 22.2. The molecule has 1 atom stereocenters. The zero-order valence-corrected chi connectivity index (χ0v) is 15.6. The molecule has 0 N–H and O–H groups in total. The first-order valence-electron chi connectivity index (χ1n) is 9.64. The zero-order valence-electron chi connectivity index (χ0n) is 14.7. The van der Waals surface area contributed by atoms with E-state index in [0.29, 0.717) is 5.91 Å². The molecule has 3 heterocycles. The number of aromatic nitrogens is 1. The minimum atomic E-state index is 0.202. The standard InChI is InChI=1S/C19H29N3OS/c1-14-6-9-22(10-7-14)19(23)16-3-2-8-21(11-16)12-17-13-24-18(20-17)15-4-5-15/h13-16H,2-12H2,1H3. The summed E-state index contributed by atoms with van der Waals surface area (Å²) in [6.45, 7) is 7.18. The smallest absolute Gasteiger partial charge is 0.226 e. The van der Waals surface area contributed by atoms with Crippen molar-refractivity contribution >= 4 is 17.2 Å². The van der Waals surface area contributed by atoms with Gasteiger partial charge in [0.1, 0.15) is 0 Å². The van der Waals surface area contributed by atoms with Crippen molar-refractivity contribution in [3.05, 3.63) is 16.1 Å². The quantitative estimate of drug-likeness (QED) is 0.836. The number of nitrogens with zero attached hydrogens (tertiary/aromatic N) is 3. The number of hydrogen-bond acceptors (Lipinski definition) is 4. The van der Waals surface area contributed by atoms with Crippen molar-refractivity contribution in [2.45, 2.75) is 57.9 Å². The van der Waals surface area contributed by atoms with Gasteiger partial charge < -0.3 is 4.90 Å². The van der Waals surface area contributed by atoms with Crippen LogP contribution >= 0.6 is 11.3 Å².